The summed E-state index contributed by atoms with van der Waals surface area (Å²) >= 11 is 0. The second-order valence-electron chi connectivity index (χ2n) is 6.92. The zero-order valence-corrected chi connectivity index (χ0v) is 15.6. The fourth-order valence-electron chi connectivity index (χ4n) is 3.48. The Bertz CT molecular complexity index is 1190. The molecule has 144 valence electrons. The second-order valence-corrected chi connectivity index (χ2v) is 6.92. The van der Waals surface area contributed by atoms with Gasteiger partial charge in [-0.2, -0.15) is 0 Å². The van der Waals surface area contributed by atoms with E-state index in [1.54, 1.807) is 17.1 Å². The first-order valence-electron chi connectivity index (χ1n) is 9.33. The van der Waals surface area contributed by atoms with Crippen LogP contribution in [0.1, 0.15) is 17.0 Å². The summed E-state index contributed by atoms with van der Waals surface area (Å²) in [6.45, 7) is 1.95. The topological polar surface area (TPSA) is 105 Å². The van der Waals surface area contributed by atoms with Gasteiger partial charge in [0.25, 0.3) is 5.56 Å². The molecule has 3 aromatic heterocycles. The standard InChI is InChI=1S/C20H18N8O/c29-20-17-12-27(10-15-11-28(26-25-15)16-4-2-1-3-5-16)7-6-18(17)23-19(24-20)14-8-21-13-22-9-14/h1-5,8-9,11,13H,6-7,10,12H2,(H,23,24,29). The third-order valence-corrected chi connectivity index (χ3v) is 4.93. The highest BCUT2D eigenvalue weighted by Crippen LogP contribution is 2.19. The lowest BCUT2D eigenvalue weighted by atomic mass is 10.1. The fraction of sp³-hybridized carbons (Fsp3) is 0.200. The molecule has 0 atom stereocenters. The Balaban J connectivity index is 1.34. The molecule has 0 amide bonds. The van der Waals surface area contributed by atoms with Gasteiger partial charge in [-0.05, 0) is 12.1 Å². The van der Waals surface area contributed by atoms with Crippen LogP contribution < -0.4 is 5.56 Å². The third-order valence-electron chi connectivity index (χ3n) is 4.93. The zero-order chi connectivity index (χ0) is 19.6. The summed E-state index contributed by atoms with van der Waals surface area (Å²) < 4.78 is 1.76. The Hall–Kier alpha value is -3.72. The van der Waals surface area contributed by atoms with Crippen LogP contribution in [0, 0.1) is 0 Å². The highest BCUT2D eigenvalue weighted by molar-refractivity contribution is 5.52. The van der Waals surface area contributed by atoms with E-state index in [9.17, 15) is 4.79 Å². The van der Waals surface area contributed by atoms with Gasteiger partial charge >= 0.3 is 0 Å². The summed E-state index contributed by atoms with van der Waals surface area (Å²) in [4.78, 5) is 30.3. The molecule has 1 N–H and O–H groups in total. The first-order chi connectivity index (χ1) is 14.3. The first kappa shape index (κ1) is 17.4. The quantitative estimate of drug-likeness (QED) is 0.565. The van der Waals surface area contributed by atoms with Crippen LogP contribution in [-0.4, -0.2) is 46.4 Å². The number of hydrogen-bond donors (Lipinski definition) is 1. The average Bonchev–Trinajstić information content (AvgIpc) is 3.24. The lowest BCUT2D eigenvalue weighted by Crippen LogP contribution is -2.35. The molecule has 9 heteroatoms. The molecular formula is C20H18N8O. The van der Waals surface area contributed by atoms with Crippen molar-refractivity contribution >= 4 is 0 Å². The first-order valence-corrected chi connectivity index (χ1v) is 9.33. The monoisotopic (exact) mass is 386 g/mol. The molecule has 1 aliphatic heterocycles. The van der Waals surface area contributed by atoms with Crippen LogP contribution in [-0.2, 0) is 19.5 Å². The van der Waals surface area contributed by atoms with Gasteiger partial charge in [-0.25, -0.2) is 19.6 Å². The number of aromatic amines is 1. The second kappa shape index (κ2) is 7.36. The number of aromatic nitrogens is 7. The van der Waals surface area contributed by atoms with Crippen LogP contribution in [0.3, 0.4) is 0 Å². The van der Waals surface area contributed by atoms with Crippen molar-refractivity contribution in [1.82, 2.24) is 39.8 Å². The minimum Gasteiger partial charge on any atom is -0.306 e. The van der Waals surface area contributed by atoms with Crippen molar-refractivity contribution in [3.05, 3.63) is 82.6 Å². The number of benzene rings is 1. The van der Waals surface area contributed by atoms with Crippen molar-refractivity contribution in [3.8, 4) is 17.1 Å². The minimum atomic E-state index is -0.119. The van der Waals surface area contributed by atoms with E-state index in [-0.39, 0.29) is 5.56 Å². The molecule has 4 aromatic rings. The normalized spacial score (nSPS) is 13.9. The van der Waals surface area contributed by atoms with Crippen molar-refractivity contribution < 1.29 is 0 Å². The molecule has 29 heavy (non-hydrogen) atoms. The number of hydrogen-bond acceptors (Lipinski definition) is 7. The molecule has 0 aliphatic carbocycles. The number of fused-ring (bicyclic) bond motifs is 1. The van der Waals surface area contributed by atoms with Gasteiger partial charge in [-0.15, -0.1) is 5.10 Å². The van der Waals surface area contributed by atoms with Crippen LogP contribution in [0.15, 0.2) is 60.0 Å². The third kappa shape index (κ3) is 3.55. The number of nitrogens with zero attached hydrogens (tertiary/aromatic N) is 7. The summed E-state index contributed by atoms with van der Waals surface area (Å²) in [7, 11) is 0. The van der Waals surface area contributed by atoms with Gasteiger partial charge in [-0.1, -0.05) is 23.4 Å². The maximum absolute atomic E-state index is 12.6. The molecule has 1 aromatic carbocycles. The molecule has 5 rings (SSSR count). The molecule has 0 saturated heterocycles. The van der Waals surface area contributed by atoms with Gasteiger partial charge in [-0.3, -0.25) is 9.69 Å². The van der Waals surface area contributed by atoms with Crippen molar-refractivity contribution in [2.24, 2.45) is 0 Å². The maximum atomic E-state index is 12.6. The molecule has 0 spiro atoms. The number of rotatable bonds is 4. The predicted octanol–water partition coefficient (Wildman–Crippen LogP) is 1.37. The lowest BCUT2D eigenvalue weighted by molar-refractivity contribution is 0.239. The number of H-pyrrole nitrogens is 1. The van der Waals surface area contributed by atoms with Crippen LogP contribution in [0.2, 0.25) is 0 Å². The largest absolute Gasteiger partial charge is 0.306 e. The van der Waals surface area contributed by atoms with E-state index in [2.05, 4.69) is 35.1 Å². The van der Waals surface area contributed by atoms with Crippen molar-refractivity contribution in [2.45, 2.75) is 19.5 Å². The van der Waals surface area contributed by atoms with Crippen LogP contribution >= 0.6 is 0 Å². The van der Waals surface area contributed by atoms with E-state index in [4.69, 9.17) is 0 Å². The van der Waals surface area contributed by atoms with E-state index in [0.29, 0.717) is 36.5 Å². The Morgan fingerprint density at radius 3 is 2.76 bits per heavy atom. The smallest absolute Gasteiger partial charge is 0.255 e. The molecule has 0 fully saturated rings. The number of nitrogens with one attached hydrogen (secondary N) is 1. The van der Waals surface area contributed by atoms with Crippen LogP contribution in [0.5, 0.6) is 0 Å². The predicted molar refractivity (Wildman–Crippen MR) is 105 cm³/mol. The minimum absolute atomic E-state index is 0.119. The average molecular weight is 386 g/mol. The Morgan fingerprint density at radius 2 is 1.93 bits per heavy atom. The van der Waals surface area contributed by atoms with E-state index in [1.807, 2.05) is 36.5 Å². The zero-order valence-electron chi connectivity index (χ0n) is 15.6. The molecular weight excluding hydrogens is 368 g/mol. The molecule has 4 heterocycles. The highest BCUT2D eigenvalue weighted by Gasteiger charge is 2.22. The van der Waals surface area contributed by atoms with Gasteiger partial charge in [0, 0.05) is 38.4 Å². The van der Waals surface area contributed by atoms with E-state index >= 15 is 0 Å². The fourth-order valence-corrected chi connectivity index (χ4v) is 3.48. The summed E-state index contributed by atoms with van der Waals surface area (Å²) in [5.74, 6) is 0.508. The summed E-state index contributed by atoms with van der Waals surface area (Å²) in [5, 5.41) is 8.48. The van der Waals surface area contributed by atoms with Gasteiger partial charge in [0.1, 0.15) is 12.2 Å². The maximum Gasteiger partial charge on any atom is 0.255 e. The lowest BCUT2D eigenvalue weighted by Gasteiger charge is -2.26. The van der Waals surface area contributed by atoms with Crippen molar-refractivity contribution in [1.29, 1.82) is 0 Å². The molecule has 9 nitrogen and oxygen atoms in total. The van der Waals surface area contributed by atoms with Crippen LogP contribution in [0.25, 0.3) is 17.1 Å². The van der Waals surface area contributed by atoms with Gasteiger partial charge in [0.2, 0.25) is 0 Å². The Kier molecular flexibility index (Phi) is 4.41. The Labute approximate surface area is 166 Å². The van der Waals surface area contributed by atoms with E-state index < -0.39 is 0 Å². The van der Waals surface area contributed by atoms with Gasteiger partial charge < -0.3 is 4.98 Å². The summed E-state index contributed by atoms with van der Waals surface area (Å²) in [5.41, 5.74) is 3.94. The summed E-state index contributed by atoms with van der Waals surface area (Å²) in [6.07, 6.45) is 7.36. The van der Waals surface area contributed by atoms with Gasteiger partial charge in [0.05, 0.1) is 34.4 Å². The molecule has 0 radical (unpaired) electrons. The summed E-state index contributed by atoms with van der Waals surface area (Å²) in [6, 6.07) is 9.86. The molecule has 0 saturated carbocycles. The van der Waals surface area contributed by atoms with Crippen molar-refractivity contribution in [3.63, 3.8) is 0 Å². The Morgan fingerprint density at radius 1 is 1.10 bits per heavy atom. The SMILES string of the molecule is O=c1[nH]c(-c2cncnc2)nc2c1CN(Cc1cn(-c3ccccc3)nn1)CC2. The molecule has 0 bridgehead atoms. The van der Waals surface area contributed by atoms with Crippen molar-refractivity contribution in [2.75, 3.05) is 6.54 Å². The molecule has 0 unspecified atom stereocenters. The molecule has 1 aliphatic rings. The van der Waals surface area contributed by atoms with Gasteiger partial charge in [0.15, 0.2) is 0 Å². The highest BCUT2D eigenvalue weighted by atomic mass is 16.1. The van der Waals surface area contributed by atoms with E-state index in [1.165, 1.54) is 6.33 Å². The van der Waals surface area contributed by atoms with E-state index in [0.717, 1.165) is 23.6 Å². The number of para-hydroxylation sites is 1. The van der Waals surface area contributed by atoms with Crippen LogP contribution in [0.4, 0.5) is 0 Å².